The van der Waals surface area contributed by atoms with Crippen LogP contribution >= 0.6 is 19.5 Å². The standard InChI is InChI=1S/C23H37N6O11PS/c1-21(2,3)40-13(30)9-26-41(36,37-7-8-42-19(33)22(4,5)34)38-10-12-15(31)23(6,35)18(39-12)29-11-25-14-16(29)27-20(24)28-17(14)32/h11-12,15,18,31,34-35H,7-10H2,1-6H3,(H,26,36)(H3,24,27,28,32). The number of fused-ring (bicyclic) bond motifs is 1. The number of hydrogen-bond acceptors (Lipinski definition) is 15. The van der Waals surface area contributed by atoms with Gasteiger partial charge in [0.1, 0.15) is 35.6 Å². The average molecular weight is 637 g/mol. The Morgan fingerprint density at radius 3 is 2.60 bits per heavy atom. The summed E-state index contributed by atoms with van der Waals surface area (Å²) in [6.45, 7) is 7.43. The van der Waals surface area contributed by atoms with Crippen molar-refractivity contribution in [1.29, 1.82) is 0 Å². The lowest BCUT2D eigenvalue weighted by molar-refractivity contribution is -0.153. The predicted octanol–water partition coefficient (Wildman–Crippen LogP) is -0.186. The minimum absolute atomic E-state index is 0.00735. The van der Waals surface area contributed by atoms with Crippen LogP contribution in [0.25, 0.3) is 11.2 Å². The van der Waals surface area contributed by atoms with Crippen LogP contribution < -0.4 is 16.4 Å². The van der Waals surface area contributed by atoms with Crippen molar-refractivity contribution in [1.82, 2.24) is 24.6 Å². The summed E-state index contributed by atoms with van der Waals surface area (Å²) < 4.78 is 36.7. The number of imidazole rings is 1. The number of aromatic nitrogens is 4. The lowest BCUT2D eigenvalue weighted by atomic mass is 9.96. The van der Waals surface area contributed by atoms with Crippen LogP contribution in [0.1, 0.15) is 47.8 Å². The van der Waals surface area contributed by atoms with Crippen molar-refractivity contribution in [2.75, 3.05) is 31.2 Å². The Bertz CT molecular complexity index is 1400. The Balaban J connectivity index is 1.74. The van der Waals surface area contributed by atoms with Crippen LogP contribution in [0.2, 0.25) is 0 Å². The summed E-state index contributed by atoms with van der Waals surface area (Å²) in [7, 11) is -4.30. The molecule has 17 nitrogen and oxygen atoms in total. The van der Waals surface area contributed by atoms with Crippen LogP contribution in [0.5, 0.6) is 0 Å². The quantitative estimate of drug-likeness (QED) is 0.100. The van der Waals surface area contributed by atoms with Gasteiger partial charge in [0.05, 0.1) is 19.5 Å². The van der Waals surface area contributed by atoms with Crippen molar-refractivity contribution in [2.45, 2.75) is 76.8 Å². The summed E-state index contributed by atoms with van der Waals surface area (Å²) in [6, 6.07) is 0. The molecule has 1 aliphatic rings. The number of nitrogen functional groups attached to an aromatic ring is 1. The van der Waals surface area contributed by atoms with Gasteiger partial charge in [-0.25, -0.2) is 14.6 Å². The molecule has 0 amide bonds. The number of nitrogens with one attached hydrogen (secondary N) is 2. The molecular weight excluding hydrogens is 599 g/mol. The van der Waals surface area contributed by atoms with Crippen LogP contribution in [0.4, 0.5) is 5.95 Å². The topological polar surface area (TPSA) is 250 Å². The fourth-order valence-corrected chi connectivity index (χ4v) is 5.88. The minimum atomic E-state index is -4.30. The molecule has 0 aromatic carbocycles. The second kappa shape index (κ2) is 12.7. The largest absolute Gasteiger partial charge is 0.459 e. The number of thioether (sulfide) groups is 1. The van der Waals surface area contributed by atoms with E-state index in [1.165, 1.54) is 31.7 Å². The van der Waals surface area contributed by atoms with Crippen molar-refractivity contribution in [3.05, 3.63) is 16.7 Å². The molecule has 3 rings (SSSR count). The second-order valence-corrected chi connectivity index (χ2v) is 14.1. The summed E-state index contributed by atoms with van der Waals surface area (Å²) in [6.07, 6.45) is -3.02. The molecule has 1 saturated heterocycles. The molecule has 3 heterocycles. The number of carbonyl (C=O) groups is 2. The lowest BCUT2D eigenvalue weighted by Crippen LogP contribution is -2.44. The zero-order chi connectivity index (χ0) is 31.7. The molecule has 5 unspecified atom stereocenters. The smallest absolute Gasteiger partial charge is 0.406 e. The molecule has 0 saturated carbocycles. The number of nitrogens with two attached hydrogens (primary N) is 1. The fourth-order valence-electron chi connectivity index (χ4n) is 3.80. The van der Waals surface area contributed by atoms with E-state index in [4.69, 9.17) is 24.3 Å². The first-order chi connectivity index (χ1) is 19.2. The SMILES string of the molecule is CC(C)(C)OC(=O)CNP(=O)(OCCSC(=O)C(C)(C)O)OCC1OC(n2cnc3c(=O)[nH]c(N)nc32)C(C)(O)C1O. The number of aliphatic hydroxyl groups is 3. The maximum Gasteiger partial charge on any atom is 0.406 e. The normalized spacial score (nSPS) is 24.5. The zero-order valence-electron chi connectivity index (χ0n) is 24.0. The summed E-state index contributed by atoms with van der Waals surface area (Å²) in [5, 5.41) is 33.6. The van der Waals surface area contributed by atoms with E-state index >= 15 is 0 Å². The van der Waals surface area contributed by atoms with Gasteiger partial charge in [0, 0.05) is 5.75 Å². The number of hydrogen-bond donors (Lipinski definition) is 6. The number of nitrogens with zero attached hydrogens (tertiary/aromatic N) is 3. The van der Waals surface area contributed by atoms with Crippen LogP contribution in [0, 0.1) is 0 Å². The molecule has 0 radical (unpaired) electrons. The number of aromatic amines is 1. The number of aliphatic hydroxyl groups excluding tert-OH is 1. The van der Waals surface area contributed by atoms with Gasteiger partial charge in [0.15, 0.2) is 17.4 Å². The molecule has 2 aromatic rings. The number of ether oxygens (including phenoxy) is 2. The molecule has 1 aliphatic heterocycles. The van der Waals surface area contributed by atoms with E-state index in [2.05, 4.69) is 20.0 Å². The van der Waals surface area contributed by atoms with E-state index in [-0.39, 0.29) is 29.5 Å². The molecule has 0 spiro atoms. The first-order valence-corrected chi connectivity index (χ1v) is 15.3. The minimum Gasteiger partial charge on any atom is -0.459 e. The Morgan fingerprint density at radius 2 is 1.98 bits per heavy atom. The van der Waals surface area contributed by atoms with Crippen LogP contribution in [-0.4, -0.2) is 100 Å². The lowest BCUT2D eigenvalue weighted by Gasteiger charge is -2.27. The van der Waals surface area contributed by atoms with Gasteiger partial charge in [-0.3, -0.25) is 33.0 Å². The number of rotatable bonds is 12. The van der Waals surface area contributed by atoms with E-state index in [9.17, 15) is 34.3 Å². The summed E-state index contributed by atoms with van der Waals surface area (Å²) in [5.74, 6) is -0.966. The van der Waals surface area contributed by atoms with Gasteiger partial charge in [-0.2, -0.15) is 4.98 Å². The van der Waals surface area contributed by atoms with Gasteiger partial charge in [-0.1, -0.05) is 11.8 Å². The second-order valence-electron chi connectivity index (χ2n) is 11.2. The number of anilines is 1. The molecule has 0 bridgehead atoms. The van der Waals surface area contributed by atoms with Crippen LogP contribution in [-0.2, 0) is 32.7 Å². The summed E-state index contributed by atoms with van der Waals surface area (Å²) in [4.78, 5) is 46.7. The van der Waals surface area contributed by atoms with Gasteiger partial charge in [0.2, 0.25) is 11.1 Å². The van der Waals surface area contributed by atoms with Gasteiger partial charge < -0.3 is 30.5 Å². The molecule has 0 aliphatic carbocycles. The van der Waals surface area contributed by atoms with Crippen molar-refractivity contribution < 1.29 is 48.0 Å². The molecule has 2 aromatic heterocycles. The summed E-state index contributed by atoms with van der Waals surface area (Å²) >= 11 is 0.746. The Morgan fingerprint density at radius 1 is 1.31 bits per heavy atom. The highest BCUT2D eigenvalue weighted by atomic mass is 32.2. The Kier molecular flexibility index (Phi) is 10.3. The fraction of sp³-hybridized carbons (Fsp3) is 0.696. The maximum absolute atomic E-state index is 13.5. The van der Waals surface area contributed by atoms with E-state index in [1.807, 2.05) is 0 Å². The van der Waals surface area contributed by atoms with Gasteiger partial charge in [0.25, 0.3) is 5.56 Å². The van der Waals surface area contributed by atoms with Gasteiger partial charge >= 0.3 is 13.7 Å². The Hall–Kier alpha value is -2.41. The molecule has 1 fully saturated rings. The molecule has 19 heteroatoms. The third-order valence-corrected chi connectivity index (χ3v) is 8.47. The van der Waals surface area contributed by atoms with Crippen molar-refractivity contribution in [2.24, 2.45) is 0 Å². The highest BCUT2D eigenvalue weighted by Gasteiger charge is 2.54. The number of esters is 1. The van der Waals surface area contributed by atoms with Gasteiger partial charge in [-0.05, 0) is 41.5 Å². The monoisotopic (exact) mass is 636 g/mol. The summed E-state index contributed by atoms with van der Waals surface area (Å²) in [5.41, 5.74) is 0.560. The first-order valence-electron chi connectivity index (χ1n) is 12.8. The van der Waals surface area contributed by atoms with Crippen molar-refractivity contribution in [3.8, 4) is 0 Å². The molecule has 7 N–H and O–H groups in total. The highest BCUT2D eigenvalue weighted by Crippen LogP contribution is 2.46. The van der Waals surface area contributed by atoms with E-state index in [0.29, 0.717) is 0 Å². The number of H-pyrrole nitrogens is 1. The first kappa shape index (κ1) is 34.1. The molecule has 236 valence electrons. The van der Waals surface area contributed by atoms with E-state index in [1.54, 1.807) is 20.8 Å². The van der Waals surface area contributed by atoms with E-state index in [0.717, 1.165) is 11.8 Å². The number of carbonyl (C=O) groups excluding carboxylic acids is 2. The highest BCUT2D eigenvalue weighted by molar-refractivity contribution is 8.13. The zero-order valence-corrected chi connectivity index (χ0v) is 25.7. The van der Waals surface area contributed by atoms with Crippen molar-refractivity contribution in [3.63, 3.8) is 0 Å². The van der Waals surface area contributed by atoms with Crippen LogP contribution in [0.15, 0.2) is 11.1 Å². The Labute approximate surface area is 245 Å². The third kappa shape index (κ3) is 8.36. The average Bonchev–Trinajstić information content (AvgIpc) is 3.36. The molecule has 5 atom stereocenters. The molecular formula is C23H37N6O11PS. The maximum atomic E-state index is 13.5. The van der Waals surface area contributed by atoms with Crippen molar-refractivity contribution >= 4 is 47.7 Å². The van der Waals surface area contributed by atoms with E-state index < -0.39 is 72.8 Å². The van der Waals surface area contributed by atoms with Gasteiger partial charge in [-0.15, -0.1) is 0 Å². The predicted molar refractivity (Wildman–Crippen MR) is 150 cm³/mol. The molecule has 42 heavy (non-hydrogen) atoms. The van der Waals surface area contributed by atoms with Crippen LogP contribution in [0.3, 0.4) is 0 Å². The third-order valence-electron chi connectivity index (χ3n) is 5.78.